The van der Waals surface area contributed by atoms with Crippen LogP contribution in [0.3, 0.4) is 0 Å². The second-order valence-corrected chi connectivity index (χ2v) is 5.72. The fraction of sp³-hybridized carbons (Fsp3) is 0.929. The molecule has 0 bridgehead atoms. The van der Waals surface area contributed by atoms with Crippen molar-refractivity contribution in [3.05, 3.63) is 0 Å². The smallest absolute Gasteiger partial charge is 0.226 e. The van der Waals surface area contributed by atoms with Crippen molar-refractivity contribution in [3.8, 4) is 0 Å². The van der Waals surface area contributed by atoms with E-state index in [4.69, 9.17) is 10.5 Å². The molecule has 2 aliphatic rings. The lowest BCUT2D eigenvalue weighted by molar-refractivity contribution is -0.127. The molecule has 18 heavy (non-hydrogen) atoms. The Kier molecular flexibility index (Phi) is 5.01. The van der Waals surface area contributed by atoms with Gasteiger partial charge in [-0.25, -0.2) is 0 Å². The first-order chi connectivity index (χ1) is 8.72. The molecule has 4 heteroatoms. The van der Waals surface area contributed by atoms with E-state index in [0.717, 1.165) is 6.42 Å². The molecule has 0 aromatic carbocycles. The van der Waals surface area contributed by atoms with Crippen LogP contribution in [0, 0.1) is 11.8 Å². The van der Waals surface area contributed by atoms with Gasteiger partial charge in [-0.1, -0.05) is 19.3 Å². The average Bonchev–Trinajstić information content (AvgIpc) is 2.83. The topological polar surface area (TPSA) is 64.3 Å². The lowest BCUT2D eigenvalue weighted by Gasteiger charge is -2.31. The highest BCUT2D eigenvalue weighted by atomic mass is 16.5. The number of carbonyl (C=O) groups is 1. The van der Waals surface area contributed by atoms with Crippen molar-refractivity contribution in [2.45, 2.75) is 57.6 Å². The molecule has 1 heterocycles. The van der Waals surface area contributed by atoms with Crippen molar-refractivity contribution < 1.29 is 9.53 Å². The van der Waals surface area contributed by atoms with Crippen LogP contribution in [0.2, 0.25) is 0 Å². The van der Waals surface area contributed by atoms with Gasteiger partial charge in [0.15, 0.2) is 0 Å². The molecule has 1 aliphatic heterocycles. The van der Waals surface area contributed by atoms with Crippen molar-refractivity contribution in [1.82, 2.24) is 5.32 Å². The van der Waals surface area contributed by atoms with E-state index in [1.54, 1.807) is 0 Å². The quantitative estimate of drug-likeness (QED) is 0.798. The zero-order chi connectivity index (χ0) is 13.0. The third kappa shape index (κ3) is 3.23. The van der Waals surface area contributed by atoms with Crippen LogP contribution in [0.4, 0.5) is 0 Å². The Balaban J connectivity index is 1.86. The highest BCUT2D eigenvalue weighted by Crippen LogP contribution is 2.27. The molecule has 1 saturated heterocycles. The predicted octanol–water partition coefficient (Wildman–Crippen LogP) is 1.44. The number of ether oxygens (including phenoxy) is 1. The fourth-order valence-corrected chi connectivity index (χ4v) is 3.27. The van der Waals surface area contributed by atoms with Crippen molar-refractivity contribution in [2.24, 2.45) is 17.6 Å². The van der Waals surface area contributed by atoms with Crippen LogP contribution in [-0.2, 0) is 9.53 Å². The van der Waals surface area contributed by atoms with E-state index >= 15 is 0 Å². The van der Waals surface area contributed by atoms with Gasteiger partial charge in [0.1, 0.15) is 0 Å². The number of rotatable bonds is 4. The summed E-state index contributed by atoms with van der Waals surface area (Å²) >= 11 is 0. The maximum absolute atomic E-state index is 12.2. The molecule has 0 aromatic heterocycles. The number of hydrogen-bond donors (Lipinski definition) is 2. The van der Waals surface area contributed by atoms with Crippen LogP contribution in [0.15, 0.2) is 0 Å². The first kappa shape index (κ1) is 13.8. The van der Waals surface area contributed by atoms with Gasteiger partial charge in [0.2, 0.25) is 5.91 Å². The third-order valence-corrected chi connectivity index (χ3v) is 4.51. The van der Waals surface area contributed by atoms with E-state index in [1.165, 1.54) is 32.1 Å². The highest BCUT2D eigenvalue weighted by Gasteiger charge is 2.33. The molecule has 3 atom stereocenters. The minimum absolute atomic E-state index is 0.0163. The van der Waals surface area contributed by atoms with Crippen molar-refractivity contribution in [2.75, 3.05) is 13.2 Å². The molecule has 1 saturated carbocycles. The summed E-state index contributed by atoms with van der Waals surface area (Å²) < 4.78 is 5.46. The van der Waals surface area contributed by atoms with Gasteiger partial charge in [0, 0.05) is 19.2 Å². The first-order valence-corrected chi connectivity index (χ1v) is 7.34. The summed E-state index contributed by atoms with van der Waals surface area (Å²) in [6, 6.07) is 0.158. The standard InChI is InChI=1S/C14H26N2O2/c1-10-12(7-8-18-10)14(17)16-13(9-15)11-5-3-2-4-6-11/h10-13H,2-9,15H2,1H3,(H,16,17). The van der Waals surface area contributed by atoms with Crippen molar-refractivity contribution >= 4 is 5.91 Å². The predicted molar refractivity (Wildman–Crippen MR) is 71.1 cm³/mol. The van der Waals surface area contributed by atoms with Gasteiger partial charge in [0.25, 0.3) is 0 Å². The number of amides is 1. The van der Waals surface area contributed by atoms with Crippen LogP contribution in [0.1, 0.15) is 45.4 Å². The van der Waals surface area contributed by atoms with Gasteiger partial charge < -0.3 is 15.8 Å². The van der Waals surface area contributed by atoms with Crippen LogP contribution in [-0.4, -0.2) is 31.2 Å². The zero-order valence-electron chi connectivity index (χ0n) is 11.4. The summed E-state index contributed by atoms with van der Waals surface area (Å²) in [5, 5.41) is 3.16. The maximum atomic E-state index is 12.2. The van der Waals surface area contributed by atoms with Crippen molar-refractivity contribution in [3.63, 3.8) is 0 Å². The van der Waals surface area contributed by atoms with Gasteiger partial charge in [0.05, 0.1) is 12.0 Å². The van der Waals surface area contributed by atoms with Gasteiger partial charge in [-0.05, 0) is 32.1 Å². The van der Waals surface area contributed by atoms with E-state index in [-0.39, 0.29) is 24.0 Å². The number of nitrogens with two attached hydrogens (primary N) is 1. The molecule has 1 aliphatic carbocycles. The fourth-order valence-electron chi connectivity index (χ4n) is 3.27. The number of hydrogen-bond acceptors (Lipinski definition) is 3. The average molecular weight is 254 g/mol. The van der Waals surface area contributed by atoms with E-state index in [2.05, 4.69) is 5.32 Å². The Hall–Kier alpha value is -0.610. The molecule has 3 unspecified atom stereocenters. The van der Waals surface area contributed by atoms with Gasteiger partial charge in [-0.15, -0.1) is 0 Å². The number of nitrogens with one attached hydrogen (secondary N) is 1. The van der Waals surface area contributed by atoms with Crippen LogP contribution in [0.5, 0.6) is 0 Å². The Morgan fingerprint density at radius 3 is 2.61 bits per heavy atom. The van der Waals surface area contributed by atoms with E-state index in [0.29, 0.717) is 19.1 Å². The van der Waals surface area contributed by atoms with Crippen molar-refractivity contribution in [1.29, 1.82) is 0 Å². The Morgan fingerprint density at radius 2 is 2.06 bits per heavy atom. The summed E-state index contributed by atoms with van der Waals surface area (Å²) in [6.07, 6.45) is 7.19. The molecule has 0 radical (unpaired) electrons. The second-order valence-electron chi connectivity index (χ2n) is 5.72. The van der Waals surface area contributed by atoms with E-state index < -0.39 is 0 Å². The molecule has 104 valence electrons. The minimum Gasteiger partial charge on any atom is -0.378 e. The molecule has 0 spiro atoms. The summed E-state index contributed by atoms with van der Waals surface area (Å²) in [4.78, 5) is 12.2. The first-order valence-electron chi connectivity index (χ1n) is 7.34. The second kappa shape index (κ2) is 6.53. The molecule has 3 N–H and O–H groups in total. The summed E-state index contributed by atoms with van der Waals surface area (Å²) in [6.45, 7) is 3.24. The van der Waals surface area contributed by atoms with Crippen LogP contribution < -0.4 is 11.1 Å². The summed E-state index contributed by atoms with van der Waals surface area (Å²) in [7, 11) is 0. The molecule has 4 nitrogen and oxygen atoms in total. The lowest BCUT2D eigenvalue weighted by Crippen LogP contribution is -2.48. The molecule has 2 rings (SSSR count). The number of carbonyl (C=O) groups excluding carboxylic acids is 1. The largest absolute Gasteiger partial charge is 0.378 e. The lowest BCUT2D eigenvalue weighted by atomic mass is 9.83. The van der Waals surface area contributed by atoms with E-state index in [1.807, 2.05) is 6.92 Å². The highest BCUT2D eigenvalue weighted by molar-refractivity contribution is 5.79. The zero-order valence-corrected chi connectivity index (χ0v) is 11.4. The molecule has 1 amide bonds. The maximum Gasteiger partial charge on any atom is 0.226 e. The Morgan fingerprint density at radius 1 is 1.33 bits per heavy atom. The van der Waals surface area contributed by atoms with Gasteiger partial charge in [-0.3, -0.25) is 4.79 Å². The Bertz CT molecular complexity index is 277. The normalized spacial score (nSPS) is 31.2. The summed E-state index contributed by atoms with van der Waals surface area (Å²) in [5.41, 5.74) is 5.84. The molecule has 0 aromatic rings. The summed E-state index contributed by atoms with van der Waals surface area (Å²) in [5.74, 6) is 0.731. The van der Waals surface area contributed by atoms with Gasteiger partial charge in [-0.2, -0.15) is 0 Å². The molecular formula is C14H26N2O2. The third-order valence-electron chi connectivity index (χ3n) is 4.51. The van der Waals surface area contributed by atoms with Crippen LogP contribution >= 0.6 is 0 Å². The molecular weight excluding hydrogens is 228 g/mol. The monoisotopic (exact) mass is 254 g/mol. The SMILES string of the molecule is CC1OCCC1C(=O)NC(CN)C1CCCCC1. The van der Waals surface area contributed by atoms with E-state index in [9.17, 15) is 4.79 Å². The molecule has 2 fully saturated rings. The van der Waals surface area contributed by atoms with Crippen LogP contribution in [0.25, 0.3) is 0 Å². The Labute approximate surface area is 110 Å². The van der Waals surface area contributed by atoms with Gasteiger partial charge >= 0.3 is 0 Å². The minimum atomic E-state index is 0.0163.